The van der Waals surface area contributed by atoms with Crippen molar-refractivity contribution < 1.29 is 20.1 Å². The Kier molecular flexibility index (Phi) is 3.48. The number of aromatic nitrogens is 2. The molecule has 1 saturated heterocycles. The van der Waals surface area contributed by atoms with Crippen LogP contribution < -0.4 is 5.73 Å². The Hall–Kier alpha value is -2.01. The maximum atomic E-state index is 9.85. The topological polar surface area (TPSA) is 172 Å². The zero-order valence-corrected chi connectivity index (χ0v) is 9.56. The van der Waals surface area contributed by atoms with E-state index in [0.29, 0.717) is 0 Å². The summed E-state index contributed by atoms with van der Waals surface area (Å²) in [4.78, 5) is 0. The highest BCUT2D eigenvalue weighted by molar-refractivity contribution is 5.45. The van der Waals surface area contributed by atoms with Crippen molar-refractivity contribution in [2.75, 3.05) is 0 Å². The van der Waals surface area contributed by atoms with Crippen LogP contribution in [0.5, 0.6) is 0 Å². The number of nitriles is 2. The SMILES string of the molecule is N#Cc1n[nH]c([C@@H]2O[C@H](C(N)O)[C@@H](O)[C@H]2O)c1C#N. The molecule has 0 bridgehead atoms. The predicted octanol–water partition coefficient (Wildman–Crippen LogP) is -2.41. The van der Waals surface area contributed by atoms with Crippen molar-refractivity contribution >= 4 is 0 Å². The quantitative estimate of drug-likeness (QED) is 0.368. The number of aliphatic hydroxyl groups is 3. The van der Waals surface area contributed by atoms with E-state index >= 15 is 0 Å². The third-order valence-corrected chi connectivity index (χ3v) is 2.93. The average Bonchev–Trinajstić information content (AvgIpc) is 2.91. The molecule has 0 saturated carbocycles. The van der Waals surface area contributed by atoms with Crippen LogP contribution >= 0.6 is 0 Å². The van der Waals surface area contributed by atoms with Gasteiger partial charge in [-0.2, -0.15) is 15.6 Å². The summed E-state index contributed by atoms with van der Waals surface area (Å²) in [5, 5.41) is 52.5. The third-order valence-electron chi connectivity index (χ3n) is 2.93. The molecule has 1 aliphatic heterocycles. The Morgan fingerprint density at radius 3 is 2.47 bits per heavy atom. The van der Waals surface area contributed by atoms with Gasteiger partial charge >= 0.3 is 0 Å². The van der Waals surface area contributed by atoms with Crippen LogP contribution in [0.4, 0.5) is 0 Å². The van der Waals surface area contributed by atoms with Crippen LogP contribution in [0, 0.1) is 22.7 Å². The number of H-pyrrole nitrogens is 1. The molecule has 6 N–H and O–H groups in total. The van der Waals surface area contributed by atoms with Gasteiger partial charge in [0.1, 0.15) is 48.3 Å². The summed E-state index contributed by atoms with van der Waals surface area (Å²) >= 11 is 0. The van der Waals surface area contributed by atoms with Crippen molar-refractivity contribution in [2.24, 2.45) is 5.73 Å². The first-order chi connectivity index (χ1) is 9.01. The van der Waals surface area contributed by atoms with Gasteiger partial charge in [-0.15, -0.1) is 0 Å². The second-order valence-electron chi connectivity index (χ2n) is 4.08. The summed E-state index contributed by atoms with van der Waals surface area (Å²) in [6, 6.07) is 3.48. The molecule has 1 aliphatic rings. The molecular formula is C10H11N5O4. The zero-order chi connectivity index (χ0) is 14.2. The predicted molar refractivity (Wildman–Crippen MR) is 57.8 cm³/mol. The standard InChI is InChI=1S/C10H11N5O4/c11-1-3-4(2-12)14-15-5(3)8-6(16)7(17)9(19-8)10(13)18/h6-10,16-18H,13H2,(H,14,15)/t6-,7+,8+,9+,10?/m1/s1. The Labute approximate surface area is 107 Å². The van der Waals surface area contributed by atoms with Crippen LogP contribution in [0.15, 0.2) is 0 Å². The highest BCUT2D eigenvalue weighted by Gasteiger charge is 2.47. The van der Waals surface area contributed by atoms with Gasteiger partial charge in [0.15, 0.2) is 5.69 Å². The molecule has 1 aromatic heterocycles. The minimum absolute atomic E-state index is 0.0637. The monoisotopic (exact) mass is 265 g/mol. The van der Waals surface area contributed by atoms with Crippen LogP contribution in [0.3, 0.4) is 0 Å². The van der Waals surface area contributed by atoms with Gasteiger partial charge in [0.2, 0.25) is 0 Å². The number of aliphatic hydroxyl groups excluding tert-OH is 3. The summed E-state index contributed by atoms with van der Waals surface area (Å²) in [5.41, 5.74) is 5.06. The lowest BCUT2D eigenvalue weighted by Crippen LogP contribution is -2.43. The Balaban J connectivity index is 2.37. The molecule has 2 heterocycles. The highest BCUT2D eigenvalue weighted by atomic mass is 16.6. The second kappa shape index (κ2) is 4.93. The van der Waals surface area contributed by atoms with Crippen molar-refractivity contribution in [3.8, 4) is 12.1 Å². The smallest absolute Gasteiger partial charge is 0.180 e. The Bertz CT molecular complexity index is 557. The van der Waals surface area contributed by atoms with E-state index in [-0.39, 0.29) is 17.0 Å². The van der Waals surface area contributed by atoms with Crippen molar-refractivity contribution in [2.45, 2.75) is 30.6 Å². The molecule has 5 atom stereocenters. The molecule has 0 radical (unpaired) electrons. The summed E-state index contributed by atoms with van der Waals surface area (Å²) in [5.74, 6) is 0. The fourth-order valence-electron chi connectivity index (χ4n) is 1.98. The van der Waals surface area contributed by atoms with E-state index in [1.165, 1.54) is 0 Å². The molecule has 0 aromatic carbocycles. The number of nitrogens with zero attached hydrogens (tertiary/aromatic N) is 3. The van der Waals surface area contributed by atoms with Crippen LogP contribution in [0.25, 0.3) is 0 Å². The zero-order valence-electron chi connectivity index (χ0n) is 9.56. The molecule has 19 heavy (non-hydrogen) atoms. The van der Waals surface area contributed by atoms with Crippen molar-refractivity contribution in [3.63, 3.8) is 0 Å². The molecule has 1 aromatic rings. The number of hydrogen-bond acceptors (Lipinski definition) is 8. The molecule has 0 aliphatic carbocycles. The van der Waals surface area contributed by atoms with E-state index in [1.54, 1.807) is 12.1 Å². The normalized spacial score (nSPS) is 31.7. The number of aromatic amines is 1. The van der Waals surface area contributed by atoms with Crippen LogP contribution in [0.1, 0.15) is 23.1 Å². The number of rotatable bonds is 2. The molecule has 9 heteroatoms. The first kappa shape index (κ1) is 13.4. The number of nitrogens with two attached hydrogens (primary N) is 1. The minimum atomic E-state index is -1.49. The first-order valence-electron chi connectivity index (χ1n) is 5.35. The van der Waals surface area contributed by atoms with Gasteiger partial charge in [-0.05, 0) is 0 Å². The van der Waals surface area contributed by atoms with Crippen LogP contribution in [0.2, 0.25) is 0 Å². The van der Waals surface area contributed by atoms with Gasteiger partial charge in [0.25, 0.3) is 0 Å². The molecule has 2 rings (SSSR count). The van der Waals surface area contributed by atoms with Gasteiger partial charge < -0.3 is 25.8 Å². The van der Waals surface area contributed by atoms with E-state index in [1.807, 2.05) is 0 Å². The Morgan fingerprint density at radius 1 is 1.32 bits per heavy atom. The first-order valence-corrected chi connectivity index (χ1v) is 5.35. The molecular weight excluding hydrogens is 254 g/mol. The number of nitrogens with one attached hydrogen (secondary N) is 1. The van der Waals surface area contributed by atoms with Gasteiger partial charge in [-0.25, -0.2) is 0 Å². The summed E-state index contributed by atoms with van der Waals surface area (Å²) in [7, 11) is 0. The molecule has 0 spiro atoms. The fourth-order valence-corrected chi connectivity index (χ4v) is 1.98. The number of ether oxygens (including phenoxy) is 1. The van der Waals surface area contributed by atoms with Gasteiger partial charge in [0, 0.05) is 0 Å². The van der Waals surface area contributed by atoms with Gasteiger partial charge in [0.05, 0.1) is 5.69 Å². The highest BCUT2D eigenvalue weighted by Crippen LogP contribution is 2.35. The van der Waals surface area contributed by atoms with Crippen LogP contribution in [-0.2, 0) is 4.74 Å². The molecule has 9 nitrogen and oxygen atoms in total. The largest absolute Gasteiger partial charge is 0.387 e. The lowest BCUT2D eigenvalue weighted by molar-refractivity contribution is -0.0641. The van der Waals surface area contributed by atoms with Gasteiger partial charge in [-0.1, -0.05) is 0 Å². The number of hydrogen-bond donors (Lipinski definition) is 5. The van der Waals surface area contributed by atoms with E-state index in [9.17, 15) is 15.3 Å². The second-order valence-corrected chi connectivity index (χ2v) is 4.08. The molecule has 0 amide bonds. The lowest BCUT2D eigenvalue weighted by Gasteiger charge is -2.16. The van der Waals surface area contributed by atoms with Crippen molar-refractivity contribution in [1.29, 1.82) is 10.5 Å². The third kappa shape index (κ3) is 2.06. The van der Waals surface area contributed by atoms with E-state index < -0.39 is 30.6 Å². The summed E-state index contributed by atoms with van der Waals surface area (Å²) in [6.07, 6.45) is -6.62. The summed E-state index contributed by atoms with van der Waals surface area (Å²) < 4.78 is 5.23. The molecule has 1 unspecified atom stereocenters. The maximum absolute atomic E-state index is 9.85. The minimum Gasteiger partial charge on any atom is -0.387 e. The Morgan fingerprint density at radius 2 is 2.00 bits per heavy atom. The van der Waals surface area contributed by atoms with E-state index in [2.05, 4.69) is 10.2 Å². The van der Waals surface area contributed by atoms with Gasteiger partial charge in [-0.3, -0.25) is 5.10 Å². The lowest BCUT2D eigenvalue weighted by atomic mass is 10.0. The van der Waals surface area contributed by atoms with Crippen LogP contribution in [-0.4, -0.2) is 50.1 Å². The van der Waals surface area contributed by atoms with E-state index in [0.717, 1.165) is 0 Å². The van der Waals surface area contributed by atoms with Crippen molar-refractivity contribution in [1.82, 2.24) is 10.2 Å². The molecule has 100 valence electrons. The molecule has 1 fully saturated rings. The van der Waals surface area contributed by atoms with Crippen molar-refractivity contribution in [3.05, 3.63) is 17.0 Å². The fraction of sp³-hybridized carbons (Fsp3) is 0.500. The summed E-state index contributed by atoms with van der Waals surface area (Å²) in [6.45, 7) is 0. The van der Waals surface area contributed by atoms with E-state index in [4.69, 9.17) is 21.0 Å². The average molecular weight is 265 g/mol. The maximum Gasteiger partial charge on any atom is 0.180 e.